The molecule has 0 saturated carbocycles. The number of hydrogen-bond acceptors (Lipinski definition) is 4. The van der Waals surface area contributed by atoms with Gasteiger partial charge in [-0.25, -0.2) is 0 Å². The molecule has 0 fully saturated rings. The third-order valence-electron chi connectivity index (χ3n) is 6.56. The van der Waals surface area contributed by atoms with E-state index >= 15 is 0 Å². The van der Waals surface area contributed by atoms with Crippen molar-refractivity contribution < 1.29 is 4.52 Å². The predicted octanol–water partition coefficient (Wildman–Crippen LogP) is 6.52. The lowest BCUT2D eigenvalue weighted by atomic mass is 9.94. The van der Waals surface area contributed by atoms with E-state index in [0.29, 0.717) is 23.4 Å². The summed E-state index contributed by atoms with van der Waals surface area (Å²) in [6, 6.07) is 24.8. The second-order valence-corrected chi connectivity index (χ2v) is 9.48. The van der Waals surface area contributed by atoms with E-state index < -0.39 is 0 Å². The van der Waals surface area contributed by atoms with Gasteiger partial charge in [-0.15, -0.1) is 0 Å². The summed E-state index contributed by atoms with van der Waals surface area (Å²) in [5.74, 6) is 1.06. The van der Waals surface area contributed by atoms with E-state index in [4.69, 9.17) is 21.7 Å². The fourth-order valence-electron chi connectivity index (χ4n) is 4.37. The van der Waals surface area contributed by atoms with E-state index in [9.17, 15) is 0 Å². The molecule has 1 aromatic heterocycles. The standard InChI is InChI=1S/C29H28N4OS/c1-18-9-13-22(14-10-18)26-25(28-31-27(32-34-28)23-15-11-19(2)12-16-23)21(4)33(29(35)30-26)17-24-8-6-5-7-20(24)3/h5-16,26H,17H2,1-4H3,(H,30,35). The Morgan fingerprint density at radius 2 is 1.54 bits per heavy atom. The van der Waals surface area contributed by atoms with Gasteiger partial charge in [-0.1, -0.05) is 89.1 Å². The van der Waals surface area contributed by atoms with Crippen LogP contribution in [0.3, 0.4) is 0 Å². The second-order valence-electron chi connectivity index (χ2n) is 9.09. The molecule has 2 heterocycles. The Bertz CT molecular complexity index is 1400. The van der Waals surface area contributed by atoms with Crippen LogP contribution in [0, 0.1) is 20.8 Å². The molecule has 1 unspecified atom stereocenters. The Labute approximate surface area is 211 Å². The topological polar surface area (TPSA) is 54.2 Å². The molecule has 5 rings (SSSR count). The molecule has 1 aliphatic heterocycles. The number of thiocarbonyl (C=S) groups is 1. The molecule has 0 saturated heterocycles. The highest BCUT2D eigenvalue weighted by atomic mass is 32.1. The van der Waals surface area contributed by atoms with E-state index in [0.717, 1.165) is 22.4 Å². The van der Waals surface area contributed by atoms with Crippen molar-refractivity contribution in [2.24, 2.45) is 0 Å². The molecule has 176 valence electrons. The molecule has 0 radical (unpaired) electrons. The Hall–Kier alpha value is -3.77. The van der Waals surface area contributed by atoms with Gasteiger partial charge in [-0.3, -0.25) is 0 Å². The lowest BCUT2D eigenvalue weighted by Gasteiger charge is -2.37. The first-order chi connectivity index (χ1) is 16.9. The van der Waals surface area contributed by atoms with Crippen molar-refractivity contribution in [3.05, 3.63) is 112 Å². The summed E-state index contributed by atoms with van der Waals surface area (Å²) >= 11 is 5.86. The molecule has 0 bridgehead atoms. The number of benzene rings is 3. The van der Waals surface area contributed by atoms with E-state index in [2.05, 4.69) is 104 Å². The molecular weight excluding hydrogens is 452 g/mol. The zero-order valence-corrected chi connectivity index (χ0v) is 21.2. The molecule has 6 heteroatoms. The van der Waals surface area contributed by atoms with Gasteiger partial charge in [0.1, 0.15) is 0 Å². The van der Waals surface area contributed by atoms with Crippen molar-refractivity contribution in [1.82, 2.24) is 20.4 Å². The number of allylic oxidation sites excluding steroid dienone is 1. The Morgan fingerprint density at radius 1 is 0.886 bits per heavy atom. The normalized spacial score (nSPS) is 15.9. The van der Waals surface area contributed by atoms with Crippen LogP contribution >= 0.6 is 12.2 Å². The smallest absolute Gasteiger partial charge is 0.258 e. The van der Waals surface area contributed by atoms with Crippen molar-refractivity contribution in [2.45, 2.75) is 40.3 Å². The van der Waals surface area contributed by atoms with E-state index in [-0.39, 0.29) is 6.04 Å². The van der Waals surface area contributed by atoms with Crippen LogP contribution < -0.4 is 5.32 Å². The van der Waals surface area contributed by atoms with Crippen LogP contribution in [0.4, 0.5) is 0 Å². The number of rotatable bonds is 5. The first-order valence-electron chi connectivity index (χ1n) is 11.7. The van der Waals surface area contributed by atoms with Gasteiger partial charge in [0.2, 0.25) is 5.82 Å². The van der Waals surface area contributed by atoms with Gasteiger partial charge in [0, 0.05) is 11.3 Å². The van der Waals surface area contributed by atoms with Gasteiger partial charge in [0.15, 0.2) is 5.11 Å². The molecule has 0 amide bonds. The first-order valence-corrected chi connectivity index (χ1v) is 12.1. The highest BCUT2D eigenvalue weighted by Gasteiger charge is 2.34. The third kappa shape index (κ3) is 4.62. The molecule has 0 spiro atoms. The van der Waals surface area contributed by atoms with Crippen LogP contribution in [-0.4, -0.2) is 20.2 Å². The fraction of sp³-hybridized carbons (Fsp3) is 0.207. The van der Waals surface area contributed by atoms with Crippen molar-refractivity contribution >= 4 is 22.9 Å². The molecule has 3 aromatic carbocycles. The minimum Gasteiger partial charge on any atom is -0.351 e. The molecular formula is C29H28N4OS. The quantitative estimate of drug-likeness (QED) is 0.328. The Morgan fingerprint density at radius 3 is 2.23 bits per heavy atom. The zero-order valence-electron chi connectivity index (χ0n) is 20.4. The zero-order chi connectivity index (χ0) is 24.5. The second kappa shape index (κ2) is 9.47. The van der Waals surface area contributed by atoms with Crippen LogP contribution in [0.15, 0.2) is 83.0 Å². The summed E-state index contributed by atoms with van der Waals surface area (Å²) < 4.78 is 5.86. The highest BCUT2D eigenvalue weighted by molar-refractivity contribution is 7.80. The van der Waals surface area contributed by atoms with Crippen molar-refractivity contribution in [1.29, 1.82) is 0 Å². The van der Waals surface area contributed by atoms with Gasteiger partial charge >= 0.3 is 0 Å². The maximum atomic E-state index is 5.86. The average molecular weight is 481 g/mol. The lowest BCUT2D eigenvalue weighted by Crippen LogP contribution is -2.45. The largest absolute Gasteiger partial charge is 0.351 e. The summed E-state index contributed by atoms with van der Waals surface area (Å²) in [5.41, 5.74) is 8.79. The summed E-state index contributed by atoms with van der Waals surface area (Å²) in [4.78, 5) is 6.93. The summed E-state index contributed by atoms with van der Waals surface area (Å²) in [6.07, 6.45) is 0. The van der Waals surface area contributed by atoms with Crippen LogP contribution in [0.5, 0.6) is 0 Å². The summed E-state index contributed by atoms with van der Waals surface area (Å²) in [6.45, 7) is 9.01. The first kappa shape index (κ1) is 23.0. The van der Waals surface area contributed by atoms with E-state index in [1.54, 1.807) is 0 Å². The average Bonchev–Trinajstić information content (AvgIpc) is 3.33. The van der Waals surface area contributed by atoms with Gasteiger partial charge in [-0.05, 0) is 56.6 Å². The molecule has 1 aliphatic rings. The third-order valence-corrected chi connectivity index (χ3v) is 6.90. The molecule has 4 aromatic rings. The maximum absolute atomic E-state index is 5.86. The molecule has 1 atom stereocenters. The molecule has 35 heavy (non-hydrogen) atoms. The van der Waals surface area contributed by atoms with Crippen molar-refractivity contribution in [3.8, 4) is 11.4 Å². The molecule has 1 N–H and O–H groups in total. The Balaban J connectivity index is 1.60. The van der Waals surface area contributed by atoms with Crippen LogP contribution in [0.2, 0.25) is 0 Å². The number of aromatic nitrogens is 2. The van der Waals surface area contributed by atoms with E-state index in [1.165, 1.54) is 22.3 Å². The van der Waals surface area contributed by atoms with Crippen LogP contribution in [0.1, 0.15) is 46.7 Å². The van der Waals surface area contributed by atoms with Gasteiger partial charge in [-0.2, -0.15) is 4.98 Å². The monoisotopic (exact) mass is 480 g/mol. The molecule has 5 nitrogen and oxygen atoms in total. The van der Waals surface area contributed by atoms with Gasteiger partial charge in [0.25, 0.3) is 5.89 Å². The minimum atomic E-state index is -0.192. The van der Waals surface area contributed by atoms with Crippen molar-refractivity contribution in [2.75, 3.05) is 0 Å². The lowest BCUT2D eigenvalue weighted by molar-refractivity contribution is 0.396. The number of nitrogens with one attached hydrogen (secondary N) is 1. The highest BCUT2D eigenvalue weighted by Crippen LogP contribution is 2.38. The fourth-order valence-corrected chi connectivity index (χ4v) is 4.69. The van der Waals surface area contributed by atoms with E-state index in [1.807, 2.05) is 12.1 Å². The predicted molar refractivity (Wildman–Crippen MR) is 143 cm³/mol. The number of aryl methyl sites for hydroxylation is 3. The Kier molecular flexibility index (Phi) is 6.22. The SMILES string of the molecule is CC1=C(c2nc(-c3ccc(C)cc3)no2)C(c2ccc(C)cc2)NC(=S)N1Cc1ccccc1C. The number of hydrogen-bond donors (Lipinski definition) is 1. The van der Waals surface area contributed by atoms with Gasteiger partial charge < -0.3 is 14.7 Å². The van der Waals surface area contributed by atoms with Crippen LogP contribution in [0.25, 0.3) is 17.0 Å². The number of nitrogens with zero attached hydrogens (tertiary/aromatic N) is 3. The van der Waals surface area contributed by atoms with Crippen LogP contribution in [-0.2, 0) is 6.54 Å². The maximum Gasteiger partial charge on any atom is 0.258 e. The van der Waals surface area contributed by atoms with Gasteiger partial charge in [0.05, 0.1) is 18.2 Å². The van der Waals surface area contributed by atoms with Crippen molar-refractivity contribution in [3.63, 3.8) is 0 Å². The summed E-state index contributed by atoms with van der Waals surface area (Å²) in [7, 11) is 0. The molecule has 0 aliphatic carbocycles. The summed E-state index contributed by atoms with van der Waals surface area (Å²) in [5, 5.41) is 8.54. The minimum absolute atomic E-state index is 0.192.